The van der Waals surface area contributed by atoms with Gasteiger partial charge in [-0.3, -0.25) is 4.90 Å². The molecular weight excluding hydrogens is 483 g/mol. The number of aromatic nitrogens is 2. The molecule has 3 fully saturated rings. The van der Waals surface area contributed by atoms with Gasteiger partial charge in [-0.25, -0.2) is 9.48 Å². The summed E-state index contributed by atoms with van der Waals surface area (Å²) in [5, 5.41) is 13.5. The van der Waals surface area contributed by atoms with Gasteiger partial charge < -0.3 is 14.9 Å². The lowest BCUT2D eigenvalue weighted by atomic mass is 9.87. The quantitative estimate of drug-likeness (QED) is 0.548. The molecule has 1 aromatic heterocycles. The lowest BCUT2D eigenvalue weighted by molar-refractivity contribution is -0.137. The summed E-state index contributed by atoms with van der Waals surface area (Å²) >= 11 is 0. The summed E-state index contributed by atoms with van der Waals surface area (Å²) in [4.78, 5) is 17.7. The lowest BCUT2D eigenvalue weighted by Gasteiger charge is -2.46. The van der Waals surface area contributed by atoms with E-state index in [0.29, 0.717) is 25.3 Å². The fourth-order valence-corrected chi connectivity index (χ4v) is 5.55. The van der Waals surface area contributed by atoms with Gasteiger partial charge in [-0.1, -0.05) is 6.07 Å². The number of allylic oxidation sites excluding steroid dienone is 1. The SMILES string of the molecule is CN(Cc1ccc(C(F)(F)F)c(N2CCCC2)c1)C1(C)CCN(C(=C2CC2)n2ccc(C(=O)O)n2)CC1. The second-order valence-electron chi connectivity index (χ2n) is 10.8. The van der Waals surface area contributed by atoms with E-state index < -0.39 is 17.7 Å². The first-order chi connectivity index (χ1) is 17.5. The molecule has 2 aliphatic heterocycles. The molecule has 0 spiro atoms. The van der Waals surface area contributed by atoms with Gasteiger partial charge in [0.1, 0.15) is 5.82 Å². The Kier molecular flexibility index (Phi) is 6.72. The number of rotatable bonds is 7. The summed E-state index contributed by atoms with van der Waals surface area (Å²) in [5.74, 6) is -0.0434. The molecule has 5 rings (SSSR count). The maximum Gasteiger partial charge on any atom is 0.418 e. The second-order valence-corrected chi connectivity index (χ2v) is 10.8. The van der Waals surface area contributed by atoms with Gasteiger partial charge in [-0.15, -0.1) is 0 Å². The van der Waals surface area contributed by atoms with E-state index in [1.165, 1.54) is 17.7 Å². The fourth-order valence-electron chi connectivity index (χ4n) is 5.55. The zero-order valence-corrected chi connectivity index (χ0v) is 21.4. The van der Waals surface area contributed by atoms with Crippen LogP contribution in [0.3, 0.4) is 0 Å². The molecule has 10 heteroatoms. The normalized spacial score (nSPS) is 19.6. The Labute approximate surface area is 215 Å². The van der Waals surface area contributed by atoms with Crippen molar-refractivity contribution in [1.82, 2.24) is 19.6 Å². The Morgan fingerprint density at radius 3 is 2.35 bits per heavy atom. The minimum atomic E-state index is -4.37. The molecule has 0 amide bonds. The van der Waals surface area contributed by atoms with Crippen LogP contribution in [0.1, 0.15) is 67.1 Å². The molecular formula is C27H34F3N5O2. The molecule has 200 valence electrons. The molecule has 3 heterocycles. The largest absolute Gasteiger partial charge is 0.476 e. The number of halogens is 3. The number of likely N-dealkylation sites (tertiary alicyclic amines) is 1. The van der Waals surface area contributed by atoms with Crippen LogP contribution < -0.4 is 4.90 Å². The predicted molar refractivity (Wildman–Crippen MR) is 135 cm³/mol. The Bertz CT molecular complexity index is 1180. The van der Waals surface area contributed by atoms with Crippen molar-refractivity contribution in [3.05, 3.63) is 52.9 Å². The number of nitrogens with zero attached hydrogens (tertiary/aromatic N) is 5. The van der Waals surface area contributed by atoms with E-state index in [1.807, 2.05) is 4.90 Å². The molecule has 2 saturated heterocycles. The Morgan fingerprint density at radius 2 is 1.78 bits per heavy atom. The van der Waals surface area contributed by atoms with Gasteiger partial charge in [-0.05, 0) is 81.8 Å². The van der Waals surface area contributed by atoms with Gasteiger partial charge in [0.25, 0.3) is 0 Å². The minimum Gasteiger partial charge on any atom is -0.476 e. The summed E-state index contributed by atoms with van der Waals surface area (Å²) in [6, 6.07) is 6.11. The summed E-state index contributed by atoms with van der Waals surface area (Å²) < 4.78 is 42.8. The highest BCUT2D eigenvalue weighted by Gasteiger charge is 2.38. The number of aromatic carboxylic acids is 1. The van der Waals surface area contributed by atoms with Gasteiger partial charge >= 0.3 is 12.1 Å². The average molecular weight is 518 g/mol. The number of carboxylic acid groups (broad SMARTS) is 1. The molecule has 37 heavy (non-hydrogen) atoms. The molecule has 0 radical (unpaired) electrons. The van der Waals surface area contributed by atoms with E-state index >= 15 is 0 Å². The first kappa shape index (κ1) is 25.6. The molecule has 1 N–H and O–H groups in total. The van der Waals surface area contributed by atoms with Crippen molar-refractivity contribution in [2.45, 2.75) is 63.7 Å². The van der Waals surface area contributed by atoms with Gasteiger partial charge in [-0.2, -0.15) is 18.3 Å². The monoisotopic (exact) mass is 517 g/mol. The molecule has 1 saturated carbocycles. The van der Waals surface area contributed by atoms with Crippen LogP contribution in [0.4, 0.5) is 18.9 Å². The van der Waals surface area contributed by atoms with Crippen LogP contribution in [0.25, 0.3) is 5.82 Å². The van der Waals surface area contributed by atoms with E-state index in [2.05, 4.69) is 28.9 Å². The van der Waals surface area contributed by atoms with Crippen LogP contribution in [0.2, 0.25) is 0 Å². The third-order valence-electron chi connectivity index (χ3n) is 8.14. The number of carboxylic acids is 1. The van der Waals surface area contributed by atoms with Crippen molar-refractivity contribution in [3.63, 3.8) is 0 Å². The highest BCUT2D eigenvalue weighted by atomic mass is 19.4. The van der Waals surface area contributed by atoms with Crippen LogP contribution in [-0.2, 0) is 12.7 Å². The van der Waals surface area contributed by atoms with Crippen LogP contribution in [-0.4, -0.2) is 69.4 Å². The lowest BCUT2D eigenvalue weighted by Crippen LogP contribution is -2.51. The van der Waals surface area contributed by atoms with Crippen LogP contribution in [0.15, 0.2) is 36.0 Å². The highest BCUT2D eigenvalue weighted by Crippen LogP contribution is 2.40. The van der Waals surface area contributed by atoms with Gasteiger partial charge in [0.05, 0.1) is 5.56 Å². The maximum absolute atomic E-state index is 13.7. The molecule has 0 atom stereocenters. The van der Waals surface area contributed by atoms with Crippen LogP contribution >= 0.6 is 0 Å². The van der Waals surface area contributed by atoms with E-state index in [0.717, 1.165) is 63.0 Å². The number of hydrogen-bond donors (Lipinski definition) is 1. The van der Waals surface area contributed by atoms with Crippen molar-refractivity contribution in [3.8, 4) is 0 Å². The Morgan fingerprint density at radius 1 is 1.11 bits per heavy atom. The summed E-state index contributed by atoms with van der Waals surface area (Å²) in [5.41, 5.74) is 1.85. The van der Waals surface area contributed by atoms with Gasteiger partial charge in [0, 0.05) is 50.1 Å². The molecule has 1 aliphatic carbocycles. The third kappa shape index (κ3) is 5.35. The first-order valence-corrected chi connectivity index (χ1v) is 13.0. The number of hydrogen-bond acceptors (Lipinski definition) is 5. The van der Waals surface area contributed by atoms with E-state index in [9.17, 15) is 23.1 Å². The smallest absolute Gasteiger partial charge is 0.418 e. The number of carbonyl (C=O) groups is 1. The minimum absolute atomic E-state index is 0.0326. The van der Waals surface area contributed by atoms with Crippen molar-refractivity contribution in [2.75, 3.05) is 38.1 Å². The summed E-state index contributed by atoms with van der Waals surface area (Å²) in [6.07, 6.45) is 2.95. The topological polar surface area (TPSA) is 64.8 Å². The number of anilines is 1. The van der Waals surface area contributed by atoms with Gasteiger partial charge in [0.2, 0.25) is 0 Å². The number of alkyl halides is 3. The number of benzene rings is 1. The fraction of sp³-hybridized carbons (Fsp3) is 0.556. The zero-order chi connectivity index (χ0) is 26.4. The van der Waals surface area contributed by atoms with Crippen LogP contribution in [0.5, 0.6) is 0 Å². The molecule has 2 aromatic rings. The van der Waals surface area contributed by atoms with Gasteiger partial charge in [0.15, 0.2) is 5.69 Å². The van der Waals surface area contributed by atoms with E-state index in [4.69, 9.17) is 0 Å². The Hall–Kier alpha value is -3.01. The maximum atomic E-state index is 13.7. The molecule has 3 aliphatic rings. The van der Waals surface area contributed by atoms with Crippen molar-refractivity contribution in [2.24, 2.45) is 0 Å². The van der Waals surface area contributed by atoms with Crippen molar-refractivity contribution >= 4 is 17.5 Å². The molecule has 0 bridgehead atoms. The average Bonchev–Trinajstić information content (AvgIpc) is 3.31. The summed E-state index contributed by atoms with van der Waals surface area (Å²) in [6.45, 7) is 5.72. The Balaban J connectivity index is 1.28. The second kappa shape index (κ2) is 9.70. The highest BCUT2D eigenvalue weighted by molar-refractivity contribution is 5.85. The molecule has 1 aromatic carbocycles. The zero-order valence-electron chi connectivity index (χ0n) is 21.4. The molecule has 7 nitrogen and oxygen atoms in total. The van der Waals surface area contributed by atoms with Crippen molar-refractivity contribution in [1.29, 1.82) is 0 Å². The van der Waals surface area contributed by atoms with E-state index in [1.54, 1.807) is 23.0 Å². The van der Waals surface area contributed by atoms with Crippen LogP contribution in [0, 0.1) is 0 Å². The van der Waals surface area contributed by atoms with Crippen molar-refractivity contribution < 1.29 is 23.1 Å². The first-order valence-electron chi connectivity index (χ1n) is 13.0. The number of piperidine rings is 1. The third-order valence-corrected chi connectivity index (χ3v) is 8.14. The molecule has 0 unspecified atom stereocenters. The standard InChI is InChI=1S/C27H34F3N5O2/c1-26(10-15-34(16-11-26)24(20-6-7-20)35-14-9-22(31-35)25(36)37)32(2)18-19-5-8-21(27(28,29)30)23(17-19)33-12-3-4-13-33/h5,8-9,14,17H,3-4,6-7,10-13,15-16,18H2,1-2H3,(H,36,37). The predicted octanol–water partition coefficient (Wildman–Crippen LogP) is 5.15. The summed E-state index contributed by atoms with van der Waals surface area (Å²) in [7, 11) is 2.05. The van der Waals surface area contributed by atoms with E-state index in [-0.39, 0.29) is 11.2 Å².